The average molecular weight is 320 g/mol. The first kappa shape index (κ1) is 15.5. The van der Waals surface area contributed by atoms with Gasteiger partial charge < -0.3 is 5.11 Å². The van der Waals surface area contributed by atoms with Crippen molar-refractivity contribution in [2.75, 3.05) is 13.1 Å². The van der Waals surface area contributed by atoms with Crippen LogP contribution in [-0.4, -0.2) is 29.1 Å². The van der Waals surface area contributed by atoms with E-state index in [1.54, 1.807) is 6.92 Å². The minimum absolute atomic E-state index is 0.106. The highest BCUT2D eigenvalue weighted by atomic mass is 35.5. The van der Waals surface area contributed by atoms with E-state index in [0.717, 1.165) is 25.3 Å². The highest BCUT2D eigenvalue weighted by Gasteiger charge is 2.43. The molecule has 1 aromatic carbocycles. The molecule has 1 fully saturated rings. The number of carbonyl (C=O) groups is 1. The van der Waals surface area contributed by atoms with Gasteiger partial charge in [-0.3, -0.25) is 4.90 Å². The molecule has 3 nitrogen and oxygen atoms in total. The van der Waals surface area contributed by atoms with Crippen LogP contribution in [0.2, 0.25) is 10.0 Å². The summed E-state index contributed by atoms with van der Waals surface area (Å²) in [5, 5.41) is 9.73. The maximum atomic E-state index is 13.7. The van der Waals surface area contributed by atoms with E-state index in [9.17, 15) is 14.3 Å². The summed E-state index contributed by atoms with van der Waals surface area (Å²) in [6.45, 7) is 2.88. The average Bonchev–Trinajstić information content (AvgIpc) is 2.42. The van der Waals surface area contributed by atoms with E-state index in [4.69, 9.17) is 23.2 Å². The second kappa shape index (κ2) is 5.88. The monoisotopic (exact) mass is 319 g/mol. The second-order valence-corrected chi connectivity index (χ2v) is 5.99. The molecule has 1 aromatic rings. The number of nitrogens with zero attached hydrogens (tertiary/aromatic N) is 1. The first-order valence-electron chi connectivity index (χ1n) is 6.51. The Balaban J connectivity index is 2.52. The molecule has 0 amide bonds. The molecule has 1 atom stereocenters. The van der Waals surface area contributed by atoms with Crippen LogP contribution in [-0.2, 0) is 10.3 Å². The first-order valence-corrected chi connectivity index (χ1v) is 7.26. The third kappa shape index (κ3) is 2.65. The zero-order valence-electron chi connectivity index (χ0n) is 11.1. The molecule has 110 valence electrons. The lowest BCUT2D eigenvalue weighted by Crippen LogP contribution is -2.52. The first-order chi connectivity index (χ1) is 9.37. The van der Waals surface area contributed by atoms with Crippen LogP contribution < -0.4 is 0 Å². The molecule has 1 saturated heterocycles. The Hall–Kier alpha value is -0.840. The Morgan fingerprint density at radius 2 is 1.85 bits per heavy atom. The van der Waals surface area contributed by atoms with Crippen LogP contribution >= 0.6 is 23.2 Å². The second-order valence-electron chi connectivity index (χ2n) is 5.17. The Kier molecular flexibility index (Phi) is 4.57. The number of rotatable bonds is 3. The molecular formula is C14H16Cl2FNO2. The normalized spacial score (nSPS) is 19.6. The molecular weight excluding hydrogens is 304 g/mol. The van der Waals surface area contributed by atoms with Crippen molar-refractivity contribution >= 4 is 29.2 Å². The van der Waals surface area contributed by atoms with Crippen LogP contribution in [0.3, 0.4) is 0 Å². The summed E-state index contributed by atoms with van der Waals surface area (Å²) in [4.78, 5) is 13.7. The Morgan fingerprint density at radius 3 is 2.40 bits per heavy atom. The summed E-state index contributed by atoms with van der Waals surface area (Å²) >= 11 is 11.8. The number of likely N-dealkylation sites (tertiary alicyclic amines) is 1. The number of carboxylic acid groups (broad SMARTS) is 1. The highest BCUT2D eigenvalue weighted by Crippen LogP contribution is 2.37. The topological polar surface area (TPSA) is 40.5 Å². The molecule has 0 spiro atoms. The molecule has 2 rings (SSSR count). The van der Waals surface area contributed by atoms with Gasteiger partial charge in [0.2, 0.25) is 0 Å². The maximum absolute atomic E-state index is 13.7. The molecule has 1 aliphatic rings. The van der Waals surface area contributed by atoms with Crippen molar-refractivity contribution in [3.63, 3.8) is 0 Å². The molecule has 0 bridgehead atoms. The van der Waals surface area contributed by atoms with Gasteiger partial charge in [0.15, 0.2) is 0 Å². The minimum atomic E-state index is -1.34. The predicted octanol–water partition coefficient (Wildman–Crippen LogP) is 3.92. The van der Waals surface area contributed by atoms with Crippen molar-refractivity contribution in [1.29, 1.82) is 0 Å². The van der Waals surface area contributed by atoms with Gasteiger partial charge in [-0.15, -0.1) is 0 Å². The van der Waals surface area contributed by atoms with Gasteiger partial charge in [-0.05, 0) is 45.0 Å². The Labute approximate surface area is 127 Å². The van der Waals surface area contributed by atoms with E-state index in [-0.39, 0.29) is 15.6 Å². The summed E-state index contributed by atoms with van der Waals surface area (Å²) in [6.07, 6.45) is 2.93. The van der Waals surface area contributed by atoms with Crippen LogP contribution in [0.1, 0.15) is 31.7 Å². The van der Waals surface area contributed by atoms with Gasteiger partial charge in [-0.25, -0.2) is 9.18 Å². The van der Waals surface area contributed by atoms with E-state index in [2.05, 4.69) is 0 Å². The van der Waals surface area contributed by atoms with Gasteiger partial charge >= 0.3 is 5.97 Å². The van der Waals surface area contributed by atoms with Gasteiger partial charge in [-0.1, -0.05) is 29.6 Å². The van der Waals surface area contributed by atoms with E-state index >= 15 is 0 Å². The van der Waals surface area contributed by atoms with Gasteiger partial charge in [0.05, 0.1) is 5.02 Å². The number of hydrogen-bond donors (Lipinski definition) is 1. The van der Waals surface area contributed by atoms with Crippen molar-refractivity contribution in [2.45, 2.75) is 31.7 Å². The fourth-order valence-corrected chi connectivity index (χ4v) is 3.22. The van der Waals surface area contributed by atoms with Crippen molar-refractivity contribution in [2.24, 2.45) is 0 Å². The fraction of sp³-hybridized carbons (Fsp3) is 0.500. The molecule has 0 aliphatic carbocycles. The molecule has 0 aromatic heterocycles. The van der Waals surface area contributed by atoms with Crippen LogP contribution in [0.5, 0.6) is 0 Å². The van der Waals surface area contributed by atoms with E-state index < -0.39 is 17.3 Å². The third-order valence-electron chi connectivity index (χ3n) is 3.94. The highest BCUT2D eigenvalue weighted by molar-refractivity contribution is 6.35. The number of carboxylic acids is 1. The van der Waals surface area contributed by atoms with Gasteiger partial charge in [-0.2, -0.15) is 0 Å². The maximum Gasteiger partial charge on any atom is 0.328 e. The van der Waals surface area contributed by atoms with Crippen LogP contribution in [0.25, 0.3) is 0 Å². The standard InChI is InChI=1S/C14H16Cl2FNO2/c1-14(13(19)20,18-5-3-2-4-6-18)9-7-12(17)11(16)8-10(9)15/h7-8H,2-6H2,1H3,(H,19,20). The molecule has 1 aliphatic heterocycles. The third-order valence-corrected chi connectivity index (χ3v) is 4.54. The van der Waals surface area contributed by atoms with Gasteiger partial charge in [0, 0.05) is 10.6 Å². The molecule has 1 N–H and O–H groups in total. The summed E-state index contributed by atoms with van der Waals surface area (Å²) in [7, 11) is 0. The summed E-state index contributed by atoms with van der Waals surface area (Å²) in [5.41, 5.74) is -1.10. The number of halogens is 3. The zero-order chi connectivity index (χ0) is 14.9. The van der Waals surface area contributed by atoms with Crippen LogP contribution in [0.4, 0.5) is 4.39 Å². The van der Waals surface area contributed by atoms with E-state index in [1.807, 2.05) is 4.90 Å². The number of piperidine rings is 1. The van der Waals surface area contributed by atoms with Gasteiger partial charge in [0.25, 0.3) is 0 Å². The van der Waals surface area contributed by atoms with Crippen LogP contribution in [0, 0.1) is 5.82 Å². The van der Waals surface area contributed by atoms with Crippen LogP contribution in [0.15, 0.2) is 12.1 Å². The molecule has 1 heterocycles. The zero-order valence-corrected chi connectivity index (χ0v) is 12.6. The number of aliphatic carboxylic acids is 1. The lowest BCUT2D eigenvalue weighted by Gasteiger charge is -2.41. The van der Waals surface area contributed by atoms with Crippen molar-refractivity contribution in [3.8, 4) is 0 Å². The summed E-state index contributed by atoms with van der Waals surface area (Å²) in [5.74, 6) is -1.70. The minimum Gasteiger partial charge on any atom is -0.480 e. The smallest absolute Gasteiger partial charge is 0.328 e. The van der Waals surface area contributed by atoms with Crippen molar-refractivity contribution in [3.05, 3.63) is 33.6 Å². The SMILES string of the molecule is CC(C(=O)O)(c1cc(F)c(Cl)cc1Cl)N1CCCCC1. The Morgan fingerprint density at radius 1 is 1.25 bits per heavy atom. The predicted molar refractivity (Wildman–Crippen MR) is 76.8 cm³/mol. The lowest BCUT2D eigenvalue weighted by atomic mass is 9.88. The largest absolute Gasteiger partial charge is 0.480 e. The summed E-state index contributed by atoms with van der Waals surface area (Å²) in [6, 6.07) is 2.40. The van der Waals surface area contributed by atoms with Gasteiger partial charge in [0.1, 0.15) is 11.4 Å². The Bertz CT molecular complexity index is 532. The molecule has 20 heavy (non-hydrogen) atoms. The number of benzene rings is 1. The quantitative estimate of drug-likeness (QED) is 0.858. The lowest BCUT2D eigenvalue weighted by molar-refractivity contribution is -0.152. The fourth-order valence-electron chi connectivity index (χ4n) is 2.66. The molecule has 1 unspecified atom stereocenters. The summed E-state index contributed by atoms with van der Waals surface area (Å²) < 4.78 is 13.7. The van der Waals surface area contributed by atoms with E-state index in [0.29, 0.717) is 13.1 Å². The van der Waals surface area contributed by atoms with E-state index in [1.165, 1.54) is 6.07 Å². The van der Waals surface area contributed by atoms with Crippen molar-refractivity contribution < 1.29 is 14.3 Å². The molecule has 0 saturated carbocycles. The number of hydrogen-bond acceptors (Lipinski definition) is 2. The molecule has 6 heteroatoms. The molecule has 0 radical (unpaired) electrons. The van der Waals surface area contributed by atoms with Crippen molar-refractivity contribution in [1.82, 2.24) is 4.90 Å².